The highest BCUT2D eigenvalue weighted by Gasteiger charge is 2.24. The van der Waals surface area contributed by atoms with Crippen LogP contribution >= 0.6 is 12.2 Å². The van der Waals surface area contributed by atoms with E-state index in [0.29, 0.717) is 11.0 Å². The van der Waals surface area contributed by atoms with Gasteiger partial charge in [0.25, 0.3) is 0 Å². The van der Waals surface area contributed by atoms with Crippen molar-refractivity contribution >= 4 is 22.9 Å². The van der Waals surface area contributed by atoms with Gasteiger partial charge in [-0.2, -0.15) is 0 Å². The Balaban J connectivity index is 2.06. The predicted molar refractivity (Wildman–Crippen MR) is 72.9 cm³/mol. The standard InChI is InChI=1S/C13H18N2S/c1-8-5-11(6-8)15-10-3-4-12(13(14)16)9(2)7-10/h3-4,7-8,11,15H,5-6H2,1-2H3,(H2,14,16). The first kappa shape index (κ1) is 11.4. The van der Waals surface area contributed by atoms with Gasteiger partial charge in [-0.25, -0.2) is 0 Å². The Morgan fingerprint density at radius 2 is 2.12 bits per heavy atom. The van der Waals surface area contributed by atoms with Crippen molar-refractivity contribution in [3.63, 3.8) is 0 Å². The predicted octanol–water partition coefficient (Wildman–Crippen LogP) is 2.84. The molecule has 1 fully saturated rings. The number of hydrogen-bond acceptors (Lipinski definition) is 2. The Morgan fingerprint density at radius 3 is 2.62 bits per heavy atom. The highest BCUT2D eigenvalue weighted by molar-refractivity contribution is 7.80. The molecule has 16 heavy (non-hydrogen) atoms. The molecule has 1 aromatic carbocycles. The topological polar surface area (TPSA) is 38.0 Å². The minimum absolute atomic E-state index is 0.473. The Hall–Kier alpha value is -1.09. The number of benzene rings is 1. The van der Waals surface area contributed by atoms with Crippen LogP contribution in [0.15, 0.2) is 18.2 Å². The fourth-order valence-electron chi connectivity index (χ4n) is 2.29. The number of aryl methyl sites for hydroxylation is 1. The maximum atomic E-state index is 5.63. The van der Waals surface area contributed by atoms with Crippen LogP contribution in [0.5, 0.6) is 0 Å². The molecule has 0 heterocycles. The quantitative estimate of drug-likeness (QED) is 0.790. The molecule has 0 atom stereocenters. The van der Waals surface area contributed by atoms with E-state index in [1.54, 1.807) is 0 Å². The Morgan fingerprint density at radius 1 is 1.44 bits per heavy atom. The third kappa shape index (κ3) is 2.35. The van der Waals surface area contributed by atoms with E-state index < -0.39 is 0 Å². The van der Waals surface area contributed by atoms with Gasteiger partial charge in [0, 0.05) is 17.3 Å². The lowest BCUT2D eigenvalue weighted by atomic mass is 9.82. The minimum atomic E-state index is 0.473. The maximum Gasteiger partial charge on any atom is 0.104 e. The second-order valence-electron chi connectivity index (χ2n) is 4.81. The monoisotopic (exact) mass is 234 g/mol. The summed E-state index contributed by atoms with van der Waals surface area (Å²) >= 11 is 4.99. The summed E-state index contributed by atoms with van der Waals surface area (Å²) in [6, 6.07) is 6.83. The summed E-state index contributed by atoms with van der Waals surface area (Å²) in [5.41, 5.74) is 8.93. The highest BCUT2D eigenvalue weighted by atomic mass is 32.1. The molecule has 0 aromatic heterocycles. The average molecular weight is 234 g/mol. The van der Waals surface area contributed by atoms with Crippen LogP contribution in [0.1, 0.15) is 30.9 Å². The molecule has 0 radical (unpaired) electrons. The number of anilines is 1. The summed E-state index contributed by atoms with van der Waals surface area (Å²) in [5, 5.41) is 3.53. The molecule has 0 saturated heterocycles. The van der Waals surface area contributed by atoms with E-state index in [1.165, 1.54) is 18.5 Å². The first-order valence-corrected chi connectivity index (χ1v) is 6.14. The fraction of sp³-hybridized carbons (Fsp3) is 0.462. The first-order chi connectivity index (χ1) is 7.56. The number of nitrogens with two attached hydrogens (primary N) is 1. The van der Waals surface area contributed by atoms with Gasteiger partial charge in [-0.15, -0.1) is 0 Å². The van der Waals surface area contributed by atoms with Crippen molar-refractivity contribution in [2.24, 2.45) is 11.7 Å². The van der Waals surface area contributed by atoms with Crippen LogP contribution in [0.3, 0.4) is 0 Å². The third-order valence-electron chi connectivity index (χ3n) is 3.24. The van der Waals surface area contributed by atoms with Crippen LogP contribution < -0.4 is 11.1 Å². The molecule has 3 heteroatoms. The number of rotatable bonds is 3. The molecular formula is C13H18N2S. The van der Waals surface area contributed by atoms with E-state index in [4.69, 9.17) is 18.0 Å². The molecule has 1 aromatic rings. The second-order valence-corrected chi connectivity index (χ2v) is 5.25. The average Bonchev–Trinajstić information content (AvgIpc) is 2.15. The lowest BCUT2D eigenvalue weighted by molar-refractivity contribution is 0.309. The molecule has 2 rings (SSSR count). The van der Waals surface area contributed by atoms with Crippen LogP contribution in [0.25, 0.3) is 0 Å². The third-order valence-corrected chi connectivity index (χ3v) is 3.46. The largest absolute Gasteiger partial charge is 0.389 e. The van der Waals surface area contributed by atoms with Gasteiger partial charge in [0.05, 0.1) is 0 Å². The van der Waals surface area contributed by atoms with Crippen molar-refractivity contribution in [2.75, 3.05) is 5.32 Å². The van der Waals surface area contributed by atoms with Crippen LogP contribution in [0, 0.1) is 12.8 Å². The molecule has 2 nitrogen and oxygen atoms in total. The Kier molecular flexibility index (Phi) is 3.15. The van der Waals surface area contributed by atoms with Gasteiger partial charge < -0.3 is 11.1 Å². The molecule has 1 aliphatic rings. The zero-order valence-corrected chi connectivity index (χ0v) is 10.6. The van der Waals surface area contributed by atoms with Crippen molar-refractivity contribution in [3.8, 4) is 0 Å². The molecule has 86 valence electrons. The second kappa shape index (κ2) is 4.42. The molecule has 0 bridgehead atoms. The van der Waals surface area contributed by atoms with Gasteiger partial charge >= 0.3 is 0 Å². The number of thiocarbonyl (C=S) groups is 1. The molecule has 0 aliphatic heterocycles. The molecule has 1 aliphatic carbocycles. The molecular weight excluding hydrogens is 216 g/mol. The summed E-state index contributed by atoms with van der Waals surface area (Å²) < 4.78 is 0. The fourth-order valence-corrected chi connectivity index (χ4v) is 2.51. The van der Waals surface area contributed by atoms with Gasteiger partial charge in [-0.05, 0) is 49.4 Å². The Labute approximate surface area is 102 Å². The molecule has 0 unspecified atom stereocenters. The molecule has 3 N–H and O–H groups in total. The van der Waals surface area contributed by atoms with Crippen molar-refractivity contribution < 1.29 is 0 Å². The van der Waals surface area contributed by atoms with Gasteiger partial charge in [-0.1, -0.05) is 19.1 Å². The minimum Gasteiger partial charge on any atom is -0.389 e. The number of nitrogens with one attached hydrogen (secondary N) is 1. The van der Waals surface area contributed by atoms with Crippen LogP contribution in [0.4, 0.5) is 5.69 Å². The molecule has 0 amide bonds. The van der Waals surface area contributed by atoms with Crippen molar-refractivity contribution in [2.45, 2.75) is 32.7 Å². The lowest BCUT2D eigenvalue weighted by Crippen LogP contribution is -2.33. The maximum absolute atomic E-state index is 5.63. The van der Waals surface area contributed by atoms with Gasteiger partial charge in [0.2, 0.25) is 0 Å². The summed E-state index contributed by atoms with van der Waals surface area (Å²) in [7, 11) is 0. The summed E-state index contributed by atoms with van der Waals surface area (Å²) in [4.78, 5) is 0.473. The van der Waals surface area contributed by atoms with E-state index in [-0.39, 0.29) is 0 Å². The zero-order valence-electron chi connectivity index (χ0n) is 9.79. The van der Waals surface area contributed by atoms with Gasteiger partial charge in [0.15, 0.2) is 0 Å². The van der Waals surface area contributed by atoms with Crippen molar-refractivity contribution in [3.05, 3.63) is 29.3 Å². The summed E-state index contributed by atoms with van der Waals surface area (Å²) in [6.07, 6.45) is 2.55. The lowest BCUT2D eigenvalue weighted by Gasteiger charge is -2.34. The van der Waals surface area contributed by atoms with E-state index >= 15 is 0 Å². The van der Waals surface area contributed by atoms with Gasteiger partial charge in [-0.3, -0.25) is 0 Å². The molecule has 1 saturated carbocycles. The van der Waals surface area contributed by atoms with Crippen LogP contribution in [-0.4, -0.2) is 11.0 Å². The SMILES string of the molecule is Cc1cc(NC2CC(C)C2)ccc1C(N)=S. The van der Waals surface area contributed by atoms with Gasteiger partial charge in [0.1, 0.15) is 4.99 Å². The Bertz CT molecular complexity index is 408. The van der Waals surface area contributed by atoms with E-state index in [9.17, 15) is 0 Å². The zero-order chi connectivity index (χ0) is 11.7. The normalized spacial score (nSPS) is 23.6. The summed E-state index contributed by atoms with van der Waals surface area (Å²) in [6.45, 7) is 4.34. The van der Waals surface area contributed by atoms with E-state index in [1.807, 2.05) is 13.0 Å². The van der Waals surface area contributed by atoms with E-state index in [2.05, 4.69) is 24.4 Å². The van der Waals surface area contributed by atoms with Crippen molar-refractivity contribution in [1.82, 2.24) is 0 Å². The summed E-state index contributed by atoms with van der Waals surface area (Å²) in [5.74, 6) is 0.870. The highest BCUT2D eigenvalue weighted by Crippen LogP contribution is 2.29. The van der Waals surface area contributed by atoms with E-state index in [0.717, 1.165) is 17.0 Å². The molecule has 0 spiro atoms. The van der Waals surface area contributed by atoms with Crippen LogP contribution in [0.2, 0.25) is 0 Å². The van der Waals surface area contributed by atoms with Crippen molar-refractivity contribution in [1.29, 1.82) is 0 Å². The number of hydrogen-bond donors (Lipinski definition) is 2. The first-order valence-electron chi connectivity index (χ1n) is 5.73. The van der Waals surface area contributed by atoms with Crippen LogP contribution in [-0.2, 0) is 0 Å². The smallest absolute Gasteiger partial charge is 0.104 e.